The number of aliphatic imine (C=N–C) groups is 1. The van der Waals surface area contributed by atoms with Gasteiger partial charge in [-0.25, -0.2) is 9.79 Å². The molecule has 5 nitrogen and oxygen atoms in total. The first-order valence-corrected chi connectivity index (χ1v) is 10.5. The number of amides is 1. The summed E-state index contributed by atoms with van der Waals surface area (Å²) in [5, 5.41) is 3.29. The summed E-state index contributed by atoms with van der Waals surface area (Å²) in [6, 6.07) is 9.91. The van der Waals surface area contributed by atoms with Gasteiger partial charge in [-0.2, -0.15) is 0 Å². The van der Waals surface area contributed by atoms with Crippen molar-refractivity contribution in [2.24, 2.45) is 4.99 Å². The van der Waals surface area contributed by atoms with Gasteiger partial charge < -0.3 is 4.74 Å². The molecule has 1 aromatic carbocycles. The average molecular weight is 382 g/mol. The lowest BCUT2D eigenvalue weighted by Crippen LogP contribution is -2.33. The number of nitrogens with one attached hydrogen (secondary N) is 1. The van der Waals surface area contributed by atoms with Crippen molar-refractivity contribution in [1.82, 2.24) is 5.32 Å². The molecule has 2 aliphatic heterocycles. The second-order valence-electron chi connectivity index (χ2n) is 7.11. The van der Waals surface area contributed by atoms with Crippen LogP contribution in [0.2, 0.25) is 0 Å². The molecule has 140 valence electrons. The van der Waals surface area contributed by atoms with Crippen LogP contribution in [0, 0.1) is 0 Å². The van der Waals surface area contributed by atoms with Crippen LogP contribution in [0.1, 0.15) is 44.6 Å². The number of carbonyl (C=O) groups is 2. The van der Waals surface area contributed by atoms with Gasteiger partial charge in [-0.3, -0.25) is 10.1 Å². The molecule has 1 N–H and O–H groups in total. The van der Waals surface area contributed by atoms with Crippen LogP contribution in [0.4, 0.5) is 0 Å². The van der Waals surface area contributed by atoms with Gasteiger partial charge in [-0.05, 0) is 50.0 Å². The summed E-state index contributed by atoms with van der Waals surface area (Å²) in [6.07, 6.45) is 6.71. The van der Waals surface area contributed by atoms with Crippen molar-refractivity contribution >= 4 is 34.4 Å². The fraction of sp³-hybridized carbons (Fsp3) is 0.381. The fourth-order valence-electron chi connectivity index (χ4n) is 4.24. The molecule has 0 saturated heterocycles. The molecule has 1 saturated carbocycles. The Morgan fingerprint density at radius 3 is 2.48 bits per heavy atom. The predicted molar refractivity (Wildman–Crippen MR) is 107 cm³/mol. The molecule has 3 aliphatic rings. The van der Waals surface area contributed by atoms with E-state index in [1.54, 1.807) is 6.92 Å². The Morgan fingerprint density at radius 1 is 1.15 bits per heavy atom. The van der Waals surface area contributed by atoms with E-state index in [1.807, 2.05) is 36.6 Å². The molecule has 1 aromatic rings. The maximum Gasteiger partial charge on any atom is 0.339 e. The minimum atomic E-state index is -0.588. The van der Waals surface area contributed by atoms with Gasteiger partial charge in [-0.1, -0.05) is 48.5 Å². The molecule has 0 atom stereocenters. The average Bonchev–Trinajstić information content (AvgIpc) is 3.19. The zero-order chi connectivity index (χ0) is 19.0. The molecule has 27 heavy (non-hydrogen) atoms. The van der Waals surface area contributed by atoms with Crippen molar-refractivity contribution in [3.05, 3.63) is 52.7 Å². The van der Waals surface area contributed by atoms with Crippen molar-refractivity contribution in [2.45, 2.75) is 44.6 Å². The van der Waals surface area contributed by atoms with Gasteiger partial charge in [0.05, 0.1) is 5.57 Å². The third kappa shape index (κ3) is 3.02. The minimum absolute atomic E-state index is 0.269. The highest BCUT2D eigenvalue weighted by Crippen LogP contribution is 2.50. The summed E-state index contributed by atoms with van der Waals surface area (Å²) < 4.78 is 6.01. The van der Waals surface area contributed by atoms with Gasteiger partial charge in [0.25, 0.3) is 5.91 Å². The first-order valence-electron chi connectivity index (χ1n) is 9.24. The number of carbonyl (C=O) groups excluding carboxylic acids is 2. The van der Waals surface area contributed by atoms with E-state index in [2.05, 4.69) is 10.3 Å². The summed E-state index contributed by atoms with van der Waals surface area (Å²) in [6.45, 7) is 1.79. The van der Waals surface area contributed by atoms with E-state index >= 15 is 0 Å². The molecule has 0 bridgehead atoms. The van der Waals surface area contributed by atoms with Crippen molar-refractivity contribution in [3.63, 3.8) is 0 Å². The Hall–Kier alpha value is -2.34. The molecular formula is C21H22N2O3S. The second kappa shape index (κ2) is 7.00. The van der Waals surface area contributed by atoms with Crippen LogP contribution in [-0.2, 0) is 14.3 Å². The lowest BCUT2D eigenvalue weighted by Gasteiger charge is -2.34. The van der Waals surface area contributed by atoms with Crippen molar-refractivity contribution in [3.8, 4) is 0 Å². The molecule has 1 aliphatic carbocycles. The Labute approximate surface area is 163 Å². The lowest BCUT2D eigenvalue weighted by molar-refractivity contribution is -0.147. The molecule has 6 heteroatoms. The first kappa shape index (κ1) is 18.0. The maximum absolute atomic E-state index is 13.0. The normalized spacial score (nSPS) is 23.4. The zero-order valence-electron chi connectivity index (χ0n) is 15.5. The standard InChI is InChI=1S/C21H22N2O3S/c1-13(17-18(24)23-20(22-17)27-2)15-16(14-9-5-3-6-10-14)21(26-19(15)25)11-7-4-8-12-21/h3,5-6,9-10H,4,7-8,11-12H2,1-2H3,(H,22,23,24)/b17-13+. The van der Waals surface area contributed by atoms with Gasteiger partial charge in [0, 0.05) is 5.57 Å². The summed E-state index contributed by atoms with van der Waals surface area (Å²) in [5.41, 5.74) is 2.69. The number of benzene rings is 1. The molecule has 4 rings (SSSR count). The fourth-order valence-corrected chi connectivity index (χ4v) is 4.62. The van der Waals surface area contributed by atoms with Crippen molar-refractivity contribution in [2.75, 3.05) is 6.26 Å². The van der Waals surface area contributed by atoms with Gasteiger partial charge in [0.1, 0.15) is 11.3 Å². The number of hydrogen-bond acceptors (Lipinski definition) is 5. The number of rotatable bonds is 2. The molecule has 0 unspecified atom stereocenters. The first-order chi connectivity index (χ1) is 13.1. The zero-order valence-corrected chi connectivity index (χ0v) is 16.3. The summed E-state index contributed by atoms with van der Waals surface area (Å²) >= 11 is 1.37. The van der Waals surface area contributed by atoms with E-state index in [0.717, 1.165) is 43.2 Å². The van der Waals surface area contributed by atoms with Gasteiger partial charge >= 0.3 is 5.97 Å². The molecular weight excluding hydrogens is 360 g/mol. The number of amidine groups is 1. The van der Waals surface area contributed by atoms with Gasteiger partial charge in [-0.15, -0.1) is 0 Å². The van der Waals surface area contributed by atoms with E-state index in [9.17, 15) is 9.59 Å². The van der Waals surface area contributed by atoms with Gasteiger partial charge in [0.2, 0.25) is 0 Å². The van der Waals surface area contributed by atoms with Crippen LogP contribution >= 0.6 is 11.8 Å². The number of ether oxygens (including phenoxy) is 1. The highest BCUT2D eigenvalue weighted by Gasteiger charge is 2.49. The Balaban J connectivity index is 1.94. The van der Waals surface area contributed by atoms with Crippen LogP contribution in [0.15, 0.2) is 52.2 Å². The number of hydrogen-bond donors (Lipinski definition) is 1. The molecule has 0 aromatic heterocycles. The lowest BCUT2D eigenvalue weighted by atomic mass is 9.75. The monoisotopic (exact) mass is 382 g/mol. The second-order valence-corrected chi connectivity index (χ2v) is 7.90. The smallest absolute Gasteiger partial charge is 0.339 e. The SMILES string of the molecule is CSC1=N/C(=C(\C)C2=C(c3ccccc3)C3(CCCCC3)OC2=O)C(=O)N1. The van der Waals surface area contributed by atoms with Crippen LogP contribution in [0.25, 0.3) is 5.57 Å². The van der Waals surface area contributed by atoms with E-state index in [1.165, 1.54) is 11.8 Å². The van der Waals surface area contributed by atoms with Crippen LogP contribution in [0.5, 0.6) is 0 Å². The number of esters is 1. The maximum atomic E-state index is 13.0. The van der Waals surface area contributed by atoms with E-state index in [0.29, 0.717) is 22.0 Å². The van der Waals surface area contributed by atoms with E-state index < -0.39 is 5.60 Å². The number of nitrogens with zero attached hydrogens (tertiary/aromatic N) is 1. The molecule has 1 fully saturated rings. The summed E-state index contributed by atoms with van der Waals surface area (Å²) in [7, 11) is 0. The molecule has 1 spiro atoms. The summed E-state index contributed by atoms with van der Waals surface area (Å²) in [5.74, 6) is -0.615. The Kier molecular flexibility index (Phi) is 4.68. The Morgan fingerprint density at radius 2 is 1.85 bits per heavy atom. The van der Waals surface area contributed by atoms with Crippen LogP contribution in [-0.4, -0.2) is 28.9 Å². The van der Waals surface area contributed by atoms with E-state index in [-0.39, 0.29) is 11.9 Å². The van der Waals surface area contributed by atoms with E-state index in [4.69, 9.17) is 4.74 Å². The Bertz CT molecular complexity index is 893. The van der Waals surface area contributed by atoms with Crippen LogP contribution in [0.3, 0.4) is 0 Å². The molecule has 2 heterocycles. The minimum Gasteiger partial charge on any atom is -0.451 e. The highest BCUT2D eigenvalue weighted by atomic mass is 32.2. The van der Waals surface area contributed by atoms with Crippen molar-refractivity contribution < 1.29 is 14.3 Å². The molecule has 0 radical (unpaired) electrons. The van der Waals surface area contributed by atoms with Gasteiger partial charge in [0.15, 0.2) is 5.17 Å². The number of thioether (sulfide) groups is 1. The highest BCUT2D eigenvalue weighted by molar-refractivity contribution is 8.13. The van der Waals surface area contributed by atoms with Crippen molar-refractivity contribution in [1.29, 1.82) is 0 Å². The van der Waals surface area contributed by atoms with Crippen LogP contribution < -0.4 is 5.32 Å². The summed E-state index contributed by atoms with van der Waals surface area (Å²) in [4.78, 5) is 29.8. The topological polar surface area (TPSA) is 67.8 Å². The quantitative estimate of drug-likeness (QED) is 0.624. The third-order valence-electron chi connectivity index (χ3n) is 5.49. The largest absolute Gasteiger partial charge is 0.451 e. The molecule has 1 amide bonds. The third-order valence-corrected chi connectivity index (χ3v) is 6.07. The predicted octanol–water partition coefficient (Wildman–Crippen LogP) is 3.82.